The van der Waals surface area contributed by atoms with E-state index < -0.39 is 5.97 Å². The van der Waals surface area contributed by atoms with Crippen molar-refractivity contribution in [2.45, 2.75) is 24.9 Å². The fourth-order valence-electron chi connectivity index (χ4n) is 2.39. The summed E-state index contributed by atoms with van der Waals surface area (Å²) in [5.41, 5.74) is 1.63. The molecule has 2 heterocycles. The predicted octanol–water partition coefficient (Wildman–Crippen LogP) is 4.42. The number of nitrogens with one attached hydrogen (secondary N) is 1. The maximum atomic E-state index is 11.7. The summed E-state index contributed by atoms with van der Waals surface area (Å²) in [7, 11) is 0. The molecule has 0 aliphatic rings. The van der Waals surface area contributed by atoms with Crippen LogP contribution in [0.2, 0.25) is 5.02 Å². The van der Waals surface area contributed by atoms with Crippen molar-refractivity contribution in [1.29, 1.82) is 0 Å². The number of benzene rings is 1. The maximum absolute atomic E-state index is 11.7. The molecular formula is C18H17ClN4O2S. The molecule has 0 spiro atoms. The molecule has 3 aromatic rings. The molecule has 0 unspecified atom stereocenters. The van der Waals surface area contributed by atoms with Crippen LogP contribution in [0.25, 0.3) is 11.8 Å². The average Bonchev–Trinajstić information content (AvgIpc) is 3.25. The Morgan fingerprint density at radius 2 is 2.12 bits per heavy atom. The van der Waals surface area contributed by atoms with Crippen LogP contribution in [-0.2, 0) is 11.2 Å². The van der Waals surface area contributed by atoms with Crippen LogP contribution in [0, 0.1) is 0 Å². The number of rotatable bonds is 7. The fraction of sp³-hybridized carbons (Fsp3) is 0.167. The highest BCUT2D eigenvalue weighted by Crippen LogP contribution is 2.27. The Kier molecular flexibility index (Phi) is 5.80. The van der Waals surface area contributed by atoms with Gasteiger partial charge in [-0.1, -0.05) is 18.5 Å². The molecule has 3 rings (SSSR count). The van der Waals surface area contributed by atoms with Crippen LogP contribution < -0.4 is 0 Å². The number of H-pyrrole nitrogens is 1. The van der Waals surface area contributed by atoms with Crippen molar-refractivity contribution in [1.82, 2.24) is 19.7 Å². The quantitative estimate of drug-likeness (QED) is 0.462. The molecule has 0 saturated carbocycles. The molecule has 0 bridgehead atoms. The van der Waals surface area contributed by atoms with Crippen LogP contribution in [-0.4, -0.2) is 30.8 Å². The van der Waals surface area contributed by atoms with Gasteiger partial charge in [-0.25, -0.2) is 9.78 Å². The molecule has 134 valence electrons. The monoisotopic (exact) mass is 388 g/mol. The Bertz CT molecular complexity index is 931. The Balaban J connectivity index is 1.89. The van der Waals surface area contributed by atoms with E-state index in [9.17, 15) is 9.90 Å². The molecule has 2 N–H and O–H groups in total. The summed E-state index contributed by atoms with van der Waals surface area (Å²) in [4.78, 5) is 16.1. The van der Waals surface area contributed by atoms with Crippen molar-refractivity contribution in [2.24, 2.45) is 0 Å². The Labute approximate surface area is 159 Å². The molecule has 1 aromatic carbocycles. The lowest BCUT2D eigenvalue weighted by molar-refractivity contribution is -0.131. The molecule has 6 nitrogen and oxygen atoms in total. The van der Waals surface area contributed by atoms with E-state index in [0.717, 1.165) is 41.8 Å². The normalized spacial score (nSPS) is 11.7. The number of aromatic nitrogens is 4. The number of carboxylic acids is 1. The van der Waals surface area contributed by atoms with Crippen molar-refractivity contribution >= 4 is 35.4 Å². The third kappa shape index (κ3) is 4.36. The van der Waals surface area contributed by atoms with E-state index in [1.54, 1.807) is 18.2 Å². The van der Waals surface area contributed by atoms with Crippen molar-refractivity contribution in [3.8, 4) is 5.69 Å². The highest BCUT2D eigenvalue weighted by molar-refractivity contribution is 8.04. The Hall–Kier alpha value is -2.51. The van der Waals surface area contributed by atoms with Crippen LogP contribution in [0.15, 0.2) is 52.7 Å². The average molecular weight is 389 g/mol. The largest absolute Gasteiger partial charge is 0.477 e. The number of thioether (sulfide) groups is 1. The van der Waals surface area contributed by atoms with Crippen LogP contribution in [0.5, 0.6) is 0 Å². The first kappa shape index (κ1) is 18.3. The van der Waals surface area contributed by atoms with Crippen LogP contribution in [0.1, 0.15) is 24.9 Å². The SMILES string of the molecule is CCCc1nc(S/C(=C\c2cccn2-c2ccc(Cl)cc2)C(=O)O)n[nH]1. The molecule has 0 radical (unpaired) electrons. The number of aliphatic carboxylic acids is 1. The molecule has 8 heteroatoms. The number of hydrogen-bond acceptors (Lipinski definition) is 4. The van der Waals surface area contributed by atoms with Gasteiger partial charge in [-0.15, -0.1) is 5.10 Å². The molecule has 0 aliphatic carbocycles. The van der Waals surface area contributed by atoms with Gasteiger partial charge in [-0.3, -0.25) is 5.10 Å². The lowest BCUT2D eigenvalue weighted by atomic mass is 10.3. The number of nitrogens with zero attached hydrogens (tertiary/aromatic N) is 3. The van der Waals surface area contributed by atoms with E-state index in [0.29, 0.717) is 10.2 Å². The van der Waals surface area contributed by atoms with Crippen molar-refractivity contribution in [3.05, 3.63) is 64.0 Å². The number of carbonyl (C=O) groups is 1. The van der Waals surface area contributed by atoms with E-state index in [-0.39, 0.29) is 4.91 Å². The summed E-state index contributed by atoms with van der Waals surface area (Å²) in [5.74, 6) is -0.273. The van der Waals surface area contributed by atoms with Crippen LogP contribution >= 0.6 is 23.4 Å². The summed E-state index contributed by atoms with van der Waals surface area (Å²) >= 11 is 6.96. The summed E-state index contributed by atoms with van der Waals surface area (Å²) < 4.78 is 1.89. The highest BCUT2D eigenvalue weighted by Gasteiger charge is 2.15. The maximum Gasteiger partial charge on any atom is 0.342 e. The van der Waals surface area contributed by atoms with Gasteiger partial charge in [0.15, 0.2) is 0 Å². The molecule has 26 heavy (non-hydrogen) atoms. The zero-order valence-electron chi connectivity index (χ0n) is 14.0. The number of carboxylic acid groups (broad SMARTS) is 1. The number of hydrogen-bond donors (Lipinski definition) is 2. The molecule has 0 saturated heterocycles. The number of aromatic amines is 1. The molecule has 0 fully saturated rings. The van der Waals surface area contributed by atoms with Gasteiger partial charge in [0.05, 0.1) is 0 Å². The van der Waals surface area contributed by atoms with E-state index in [4.69, 9.17) is 11.6 Å². The van der Waals surface area contributed by atoms with Gasteiger partial charge in [0.1, 0.15) is 10.7 Å². The predicted molar refractivity (Wildman–Crippen MR) is 103 cm³/mol. The lowest BCUT2D eigenvalue weighted by Gasteiger charge is -2.07. The first-order valence-electron chi connectivity index (χ1n) is 8.04. The van der Waals surface area contributed by atoms with Crippen molar-refractivity contribution < 1.29 is 9.90 Å². The first-order valence-corrected chi connectivity index (χ1v) is 9.23. The van der Waals surface area contributed by atoms with Gasteiger partial charge in [0.25, 0.3) is 0 Å². The zero-order valence-corrected chi connectivity index (χ0v) is 15.6. The minimum atomic E-state index is -1.03. The molecular weight excluding hydrogens is 372 g/mol. The van der Waals surface area contributed by atoms with Crippen molar-refractivity contribution in [2.75, 3.05) is 0 Å². The summed E-state index contributed by atoms with van der Waals surface area (Å²) in [6, 6.07) is 11.0. The van der Waals surface area contributed by atoms with Crippen LogP contribution in [0.4, 0.5) is 0 Å². The number of aryl methyl sites for hydroxylation is 1. The van der Waals surface area contributed by atoms with Gasteiger partial charge >= 0.3 is 5.97 Å². The molecule has 2 aromatic heterocycles. The third-order valence-electron chi connectivity index (χ3n) is 3.57. The fourth-order valence-corrected chi connectivity index (χ4v) is 3.22. The second-order valence-electron chi connectivity index (χ2n) is 5.51. The van der Waals surface area contributed by atoms with E-state index in [2.05, 4.69) is 15.2 Å². The Morgan fingerprint density at radius 3 is 2.81 bits per heavy atom. The standard InChI is InChI=1S/C18H17ClN4O2S/c1-2-4-16-20-18(22-21-16)26-15(17(24)25)11-14-5-3-10-23(14)13-8-6-12(19)7-9-13/h3,5-11H,2,4H2,1H3,(H,24,25)(H,20,21,22)/b15-11-. The summed E-state index contributed by atoms with van der Waals surface area (Å²) in [6.07, 6.45) is 5.19. The summed E-state index contributed by atoms with van der Waals surface area (Å²) in [6.45, 7) is 2.04. The van der Waals surface area contributed by atoms with Gasteiger partial charge in [-0.05, 0) is 60.7 Å². The first-order chi connectivity index (χ1) is 12.6. The zero-order chi connectivity index (χ0) is 18.5. The highest BCUT2D eigenvalue weighted by atomic mass is 35.5. The second-order valence-corrected chi connectivity index (χ2v) is 6.96. The second kappa shape index (κ2) is 8.25. The van der Waals surface area contributed by atoms with Gasteiger partial charge in [0.2, 0.25) is 5.16 Å². The smallest absolute Gasteiger partial charge is 0.342 e. The molecule has 0 amide bonds. The minimum absolute atomic E-state index is 0.140. The van der Waals surface area contributed by atoms with Crippen molar-refractivity contribution in [3.63, 3.8) is 0 Å². The minimum Gasteiger partial charge on any atom is -0.477 e. The Morgan fingerprint density at radius 1 is 1.35 bits per heavy atom. The van der Waals surface area contributed by atoms with Gasteiger partial charge < -0.3 is 9.67 Å². The molecule has 0 atom stereocenters. The van der Waals surface area contributed by atoms with Crippen LogP contribution in [0.3, 0.4) is 0 Å². The number of halogens is 1. The van der Waals surface area contributed by atoms with E-state index in [1.807, 2.05) is 42.0 Å². The third-order valence-corrected chi connectivity index (χ3v) is 4.70. The summed E-state index contributed by atoms with van der Waals surface area (Å²) in [5, 5.41) is 17.5. The van der Waals surface area contributed by atoms with E-state index in [1.165, 1.54) is 0 Å². The lowest BCUT2D eigenvalue weighted by Crippen LogP contribution is -2.00. The molecule has 0 aliphatic heterocycles. The van der Waals surface area contributed by atoms with Gasteiger partial charge in [-0.2, -0.15) is 0 Å². The topological polar surface area (TPSA) is 83.8 Å². The van der Waals surface area contributed by atoms with E-state index >= 15 is 0 Å². The van der Waals surface area contributed by atoms with Gasteiger partial charge in [0, 0.05) is 29.0 Å².